The predicted octanol–water partition coefficient (Wildman–Crippen LogP) is 2.98. The third kappa shape index (κ3) is 4.27. The van der Waals surface area contributed by atoms with Gasteiger partial charge < -0.3 is 19.7 Å². The van der Waals surface area contributed by atoms with Gasteiger partial charge in [-0.3, -0.25) is 9.59 Å². The van der Waals surface area contributed by atoms with Crippen molar-refractivity contribution in [1.29, 1.82) is 0 Å². The fourth-order valence-electron chi connectivity index (χ4n) is 3.42. The van der Waals surface area contributed by atoms with Crippen LogP contribution in [0.4, 0.5) is 5.69 Å². The number of nitrogens with zero attached hydrogens (tertiary/aromatic N) is 1. The molecule has 0 aliphatic carbocycles. The molecular weight excluding hydrogens is 356 g/mol. The van der Waals surface area contributed by atoms with Crippen molar-refractivity contribution in [2.24, 2.45) is 5.92 Å². The zero-order valence-corrected chi connectivity index (χ0v) is 16.5. The Kier molecular flexibility index (Phi) is 6.19. The normalized spacial score (nSPS) is 17.3. The van der Waals surface area contributed by atoms with Crippen LogP contribution in [0.15, 0.2) is 48.5 Å². The number of nitrogens with one attached hydrogen (secondary N) is 1. The number of methoxy groups -OCH3 is 2. The van der Waals surface area contributed by atoms with Crippen LogP contribution < -0.4 is 19.7 Å². The lowest BCUT2D eigenvalue weighted by Gasteiger charge is -2.20. The van der Waals surface area contributed by atoms with Crippen LogP contribution in [0.2, 0.25) is 0 Å². The van der Waals surface area contributed by atoms with E-state index in [4.69, 9.17) is 9.47 Å². The maximum absolute atomic E-state index is 12.6. The Bertz CT molecular complexity index is 838. The summed E-state index contributed by atoms with van der Waals surface area (Å²) in [5, 5.41) is 2.99. The van der Waals surface area contributed by atoms with Gasteiger partial charge in [-0.05, 0) is 23.6 Å². The molecule has 3 rings (SSSR count). The average molecular weight is 382 g/mol. The Balaban J connectivity index is 1.63. The number of hydrogen-bond acceptors (Lipinski definition) is 4. The van der Waals surface area contributed by atoms with E-state index in [1.165, 1.54) is 5.56 Å². The number of benzene rings is 2. The van der Waals surface area contributed by atoms with E-state index in [1.54, 1.807) is 37.3 Å². The van der Waals surface area contributed by atoms with Gasteiger partial charge in [-0.2, -0.15) is 0 Å². The largest absolute Gasteiger partial charge is 0.497 e. The number of amides is 2. The Labute approximate surface area is 165 Å². The first-order valence-corrected chi connectivity index (χ1v) is 9.38. The van der Waals surface area contributed by atoms with Crippen LogP contribution in [0.5, 0.6) is 11.5 Å². The molecule has 148 valence electrons. The lowest BCUT2D eigenvalue weighted by molar-refractivity contribution is -0.126. The zero-order chi connectivity index (χ0) is 20.1. The SMILES string of the molecule is COc1ccc(N2CC(C(=O)NCC(C)c3ccccc3)CC2=O)c(OC)c1. The standard InChI is InChI=1S/C22H26N2O4/c1-15(16-7-5-4-6-8-16)13-23-22(26)17-11-21(25)24(14-17)19-10-9-18(27-2)12-20(19)28-3/h4-10,12,15,17H,11,13-14H2,1-3H3,(H,23,26). The molecule has 2 aromatic carbocycles. The molecule has 0 saturated carbocycles. The Morgan fingerprint density at radius 3 is 2.61 bits per heavy atom. The molecule has 2 amide bonds. The minimum atomic E-state index is -0.373. The first kappa shape index (κ1) is 19.7. The molecule has 1 heterocycles. The molecule has 1 aliphatic rings. The molecule has 1 N–H and O–H groups in total. The molecule has 0 spiro atoms. The Hall–Kier alpha value is -3.02. The molecule has 0 radical (unpaired) electrons. The fraction of sp³-hybridized carbons (Fsp3) is 0.364. The summed E-state index contributed by atoms with van der Waals surface area (Å²) in [6, 6.07) is 15.3. The van der Waals surface area contributed by atoms with Gasteiger partial charge in [-0.1, -0.05) is 37.3 Å². The summed E-state index contributed by atoms with van der Waals surface area (Å²) in [5.74, 6) is 0.857. The number of carbonyl (C=O) groups excluding carboxylic acids is 2. The second-order valence-corrected chi connectivity index (χ2v) is 7.00. The minimum Gasteiger partial charge on any atom is -0.497 e. The average Bonchev–Trinajstić information content (AvgIpc) is 3.13. The quantitative estimate of drug-likeness (QED) is 0.799. The third-order valence-corrected chi connectivity index (χ3v) is 5.12. The highest BCUT2D eigenvalue weighted by Crippen LogP contribution is 2.35. The van der Waals surface area contributed by atoms with Crippen LogP contribution in [-0.2, 0) is 9.59 Å². The van der Waals surface area contributed by atoms with Crippen LogP contribution in [0.25, 0.3) is 0 Å². The molecule has 1 saturated heterocycles. The van der Waals surface area contributed by atoms with E-state index in [1.807, 2.05) is 30.3 Å². The van der Waals surface area contributed by atoms with Crippen molar-refractivity contribution in [3.63, 3.8) is 0 Å². The molecule has 6 nitrogen and oxygen atoms in total. The van der Waals surface area contributed by atoms with E-state index < -0.39 is 0 Å². The van der Waals surface area contributed by atoms with Gasteiger partial charge in [-0.25, -0.2) is 0 Å². The molecule has 2 aromatic rings. The van der Waals surface area contributed by atoms with Crippen LogP contribution in [0.1, 0.15) is 24.8 Å². The van der Waals surface area contributed by atoms with Gasteiger partial charge in [0.1, 0.15) is 11.5 Å². The lowest BCUT2D eigenvalue weighted by atomic mass is 10.0. The van der Waals surface area contributed by atoms with Crippen LogP contribution in [0, 0.1) is 5.92 Å². The molecule has 28 heavy (non-hydrogen) atoms. The summed E-state index contributed by atoms with van der Waals surface area (Å²) in [6.45, 7) is 2.95. The van der Waals surface area contributed by atoms with E-state index in [0.29, 0.717) is 30.3 Å². The van der Waals surface area contributed by atoms with E-state index in [2.05, 4.69) is 12.2 Å². The summed E-state index contributed by atoms with van der Waals surface area (Å²) in [7, 11) is 3.13. The third-order valence-electron chi connectivity index (χ3n) is 5.12. The molecule has 1 fully saturated rings. The number of rotatable bonds is 7. The van der Waals surface area contributed by atoms with Crippen molar-refractivity contribution in [2.75, 3.05) is 32.2 Å². The van der Waals surface area contributed by atoms with Gasteiger partial charge in [-0.15, -0.1) is 0 Å². The van der Waals surface area contributed by atoms with E-state index >= 15 is 0 Å². The van der Waals surface area contributed by atoms with E-state index in [-0.39, 0.29) is 30.1 Å². The van der Waals surface area contributed by atoms with E-state index in [0.717, 1.165) is 0 Å². The first-order chi connectivity index (χ1) is 13.5. The van der Waals surface area contributed by atoms with Crippen LogP contribution in [-0.4, -0.2) is 39.1 Å². The van der Waals surface area contributed by atoms with Gasteiger partial charge in [0.15, 0.2) is 0 Å². The number of ether oxygens (including phenoxy) is 2. The maximum atomic E-state index is 12.6. The highest BCUT2D eigenvalue weighted by molar-refractivity contribution is 6.01. The summed E-state index contributed by atoms with van der Waals surface area (Å²) in [5.41, 5.74) is 1.83. The van der Waals surface area contributed by atoms with Gasteiger partial charge in [0.2, 0.25) is 11.8 Å². The highest BCUT2D eigenvalue weighted by atomic mass is 16.5. The smallest absolute Gasteiger partial charge is 0.227 e. The van der Waals surface area contributed by atoms with Crippen molar-refractivity contribution in [3.05, 3.63) is 54.1 Å². The van der Waals surface area contributed by atoms with Crippen molar-refractivity contribution in [1.82, 2.24) is 5.32 Å². The van der Waals surface area contributed by atoms with Crippen LogP contribution >= 0.6 is 0 Å². The molecule has 6 heteroatoms. The predicted molar refractivity (Wildman–Crippen MR) is 108 cm³/mol. The second kappa shape index (κ2) is 8.78. The summed E-state index contributed by atoms with van der Waals surface area (Å²) >= 11 is 0. The zero-order valence-electron chi connectivity index (χ0n) is 16.5. The van der Waals surface area contributed by atoms with Crippen molar-refractivity contribution < 1.29 is 19.1 Å². The Morgan fingerprint density at radius 2 is 1.93 bits per heavy atom. The molecule has 1 aliphatic heterocycles. The molecular formula is C22H26N2O4. The maximum Gasteiger partial charge on any atom is 0.227 e. The summed E-state index contributed by atoms with van der Waals surface area (Å²) < 4.78 is 10.6. The topological polar surface area (TPSA) is 67.9 Å². The van der Waals surface area contributed by atoms with Crippen molar-refractivity contribution >= 4 is 17.5 Å². The molecule has 2 atom stereocenters. The van der Waals surface area contributed by atoms with Gasteiger partial charge in [0.25, 0.3) is 0 Å². The van der Waals surface area contributed by atoms with E-state index in [9.17, 15) is 9.59 Å². The Morgan fingerprint density at radius 1 is 1.18 bits per heavy atom. The number of hydrogen-bond donors (Lipinski definition) is 1. The van der Waals surface area contributed by atoms with Crippen LogP contribution in [0.3, 0.4) is 0 Å². The van der Waals surface area contributed by atoms with Crippen molar-refractivity contribution in [2.45, 2.75) is 19.3 Å². The monoisotopic (exact) mass is 382 g/mol. The first-order valence-electron chi connectivity index (χ1n) is 9.38. The molecule has 0 bridgehead atoms. The number of carbonyl (C=O) groups is 2. The number of anilines is 1. The highest BCUT2D eigenvalue weighted by Gasteiger charge is 2.36. The lowest BCUT2D eigenvalue weighted by Crippen LogP contribution is -2.35. The molecule has 0 aromatic heterocycles. The van der Waals surface area contributed by atoms with Gasteiger partial charge >= 0.3 is 0 Å². The van der Waals surface area contributed by atoms with Crippen molar-refractivity contribution in [3.8, 4) is 11.5 Å². The summed E-state index contributed by atoms with van der Waals surface area (Å²) in [6.07, 6.45) is 0.195. The van der Waals surface area contributed by atoms with Gasteiger partial charge in [0, 0.05) is 25.6 Å². The minimum absolute atomic E-state index is 0.0836. The summed E-state index contributed by atoms with van der Waals surface area (Å²) in [4.78, 5) is 26.8. The molecule has 2 unspecified atom stereocenters. The fourth-order valence-corrected chi connectivity index (χ4v) is 3.42. The second-order valence-electron chi connectivity index (χ2n) is 7.00. The van der Waals surface area contributed by atoms with Gasteiger partial charge in [0.05, 0.1) is 25.8 Å².